The van der Waals surface area contributed by atoms with Crippen LogP contribution in [0.3, 0.4) is 0 Å². The molecular formula is C56H34N4. The number of hydrogen-bond acceptors (Lipinski definition) is 2. The highest BCUT2D eigenvalue weighted by molar-refractivity contribution is 6.23. The average molecular weight is 763 g/mol. The van der Waals surface area contributed by atoms with Gasteiger partial charge < -0.3 is 4.57 Å². The van der Waals surface area contributed by atoms with Crippen LogP contribution >= 0.6 is 0 Å². The second-order valence-corrected chi connectivity index (χ2v) is 15.8. The van der Waals surface area contributed by atoms with E-state index in [1.807, 2.05) is 12.1 Å². The van der Waals surface area contributed by atoms with Crippen molar-refractivity contribution >= 4 is 87.0 Å². The van der Waals surface area contributed by atoms with Crippen molar-refractivity contribution in [1.29, 1.82) is 0 Å². The summed E-state index contributed by atoms with van der Waals surface area (Å²) in [4.78, 5) is 10.9. The van der Waals surface area contributed by atoms with Crippen LogP contribution in [0.4, 0.5) is 0 Å². The number of aromatic nitrogens is 4. The maximum Gasteiger partial charge on any atom is 0.165 e. The Kier molecular flexibility index (Phi) is 6.98. The van der Waals surface area contributed by atoms with Gasteiger partial charge in [0.25, 0.3) is 0 Å². The average Bonchev–Trinajstić information content (AvgIpc) is 3.84. The summed E-state index contributed by atoms with van der Waals surface area (Å²) in [7, 11) is 0. The summed E-state index contributed by atoms with van der Waals surface area (Å²) < 4.78 is 4.77. The Bertz CT molecular complexity index is 3890. The molecule has 4 heteroatoms. The van der Waals surface area contributed by atoms with E-state index in [0.717, 1.165) is 50.4 Å². The van der Waals surface area contributed by atoms with Crippen LogP contribution in [0.1, 0.15) is 0 Å². The molecule has 0 saturated heterocycles. The Morgan fingerprint density at radius 1 is 0.300 bits per heavy atom. The van der Waals surface area contributed by atoms with Gasteiger partial charge >= 0.3 is 0 Å². The van der Waals surface area contributed by atoms with E-state index in [-0.39, 0.29) is 0 Å². The fraction of sp³-hybridized carbons (Fsp3) is 0. The van der Waals surface area contributed by atoms with Crippen LogP contribution in [0.15, 0.2) is 206 Å². The van der Waals surface area contributed by atoms with Crippen molar-refractivity contribution in [3.63, 3.8) is 0 Å². The Morgan fingerprint density at radius 3 is 1.57 bits per heavy atom. The summed E-state index contributed by atoms with van der Waals surface area (Å²) in [5.41, 5.74) is 11.6. The zero-order valence-electron chi connectivity index (χ0n) is 32.4. The second-order valence-electron chi connectivity index (χ2n) is 15.8. The van der Waals surface area contributed by atoms with Crippen molar-refractivity contribution in [3.8, 4) is 33.9 Å². The number of benzene rings is 10. The van der Waals surface area contributed by atoms with E-state index in [4.69, 9.17) is 9.97 Å². The van der Waals surface area contributed by atoms with E-state index in [1.54, 1.807) is 0 Å². The highest BCUT2D eigenvalue weighted by Crippen LogP contribution is 2.42. The predicted molar refractivity (Wildman–Crippen MR) is 252 cm³/mol. The van der Waals surface area contributed by atoms with E-state index < -0.39 is 0 Å². The van der Waals surface area contributed by atoms with Crippen molar-refractivity contribution in [3.05, 3.63) is 206 Å². The Balaban J connectivity index is 1.07. The van der Waals surface area contributed by atoms with Crippen molar-refractivity contribution in [2.45, 2.75) is 0 Å². The van der Waals surface area contributed by atoms with E-state index in [2.05, 4.69) is 203 Å². The zero-order chi connectivity index (χ0) is 39.3. The number of hydrogen-bond donors (Lipinski definition) is 0. The van der Waals surface area contributed by atoms with E-state index in [9.17, 15) is 0 Å². The molecule has 13 rings (SSSR count). The largest absolute Gasteiger partial charge is 0.309 e. The van der Waals surface area contributed by atoms with Gasteiger partial charge in [-0.3, -0.25) is 4.57 Å². The van der Waals surface area contributed by atoms with E-state index in [1.165, 1.54) is 70.5 Å². The highest BCUT2D eigenvalue weighted by Gasteiger charge is 2.22. The maximum atomic E-state index is 5.47. The lowest BCUT2D eigenvalue weighted by atomic mass is 9.99. The molecule has 13 aromatic rings. The summed E-state index contributed by atoms with van der Waals surface area (Å²) in [6, 6.07) is 74.4. The first-order chi connectivity index (χ1) is 29.7. The van der Waals surface area contributed by atoms with Crippen molar-refractivity contribution in [1.82, 2.24) is 19.1 Å². The van der Waals surface area contributed by atoms with Gasteiger partial charge in [0.05, 0.1) is 33.1 Å². The molecule has 10 aromatic carbocycles. The molecule has 278 valence electrons. The Morgan fingerprint density at radius 2 is 0.817 bits per heavy atom. The number of nitrogens with zero attached hydrogens (tertiary/aromatic N) is 4. The predicted octanol–water partition coefficient (Wildman–Crippen LogP) is 14.6. The van der Waals surface area contributed by atoms with Crippen LogP contribution in [0, 0.1) is 0 Å². The molecule has 0 unspecified atom stereocenters. The number of rotatable bonds is 4. The molecule has 3 aromatic heterocycles. The van der Waals surface area contributed by atoms with E-state index in [0.29, 0.717) is 0 Å². The first-order valence-corrected chi connectivity index (χ1v) is 20.5. The monoisotopic (exact) mass is 762 g/mol. The van der Waals surface area contributed by atoms with Crippen molar-refractivity contribution in [2.24, 2.45) is 0 Å². The zero-order valence-corrected chi connectivity index (χ0v) is 32.4. The molecule has 0 N–H and O–H groups in total. The van der Waals surface area contributed by atoms with Crippen LogP contribution in [0.25, 0.3) is 121 Å². The van der Waals surface area contributed by atoms with Crippen molar-refractivity contribution < 1.29 is 0 Å². The molecule has 0 bridgehead atoms. The molecule has 0 aliphatic carbocycles. The standard InChI is InChI=1S/C56H34N4/c1-2-14-40-33-41(26-23-35(40)11-1)36-21-24-39(25-22-36)55-56(58-48-19-9-8-18-47(48)57-55)60-50-32-29-42(34-46(50)54-44-16-6-4-13-38(44)28-31-52(54)60)59-49-20-10-7-17-45(49)53-43-15-5-3-12-37(43)27-30-51(53)59/h1-34H. The van der Waals surface area contributed by atoms with Gasteiger partial charge in [-0.05, 0) is 98.0 Å². The molecule has 0 spiro atoms. The first kappa shape index (κ1) is 32.9. The molecule has 60 heavy (non-hydrogen) atoms. The molecule has 0 aliphatic heterocycles. The molecule has 0 amide bonds. The van der Waals surface area contributed by atoms with Crippen LogP contribution < -0.4 is 0 Å². The van der Waals surface area contributed by atoms with Gasteiger partial charge in [0.2, 0.25) is 0 Å². The number of fused-ring (bicyclic) bond motifs is 12. The normalized spacial score (nSPS) is 12.0. The van der Waals surface area contributed by atoms with Gasteiger partial charge in [-0.15, -0.1) is 0 Å². The minimum atomic E-state index is 0.804. The summed E-state index contributed by atoms with van der Waals surface area (Å²) in [6.07, 6.45) is 0. The molecule has 0 atom stereocenters. The van der Waals surface area contributed by atoms with Crippen LogP contribution in [-0.4, -0.2) is 19.1 Å². The summed E-state index contributed by atoms with van der Waals surface area (Å²) in [6.45, 7) is 0. The third-order valence-electron chi connectivity index (χ3n) is 12.5. The Hall–Kier alpha value is -8.08. The van der Waals surface area contributed by atoms with Crippen LogP contribution in [0.5, 0.6) is 0 Å². The van der Waals surface area contributed by atoms with Gasteiger partial charge in [-0.2, -0.15) is 0 Å². The molecular weight excluding hydrogens is 729 g/mol. The minimum Gasteiger partial charge on any atom is -0.309 e. The van der Waals surface area contributed by atoms with Gasteiger partial charge in [-0.25, -0.2) is 9.97 Å². The SMILES string of the molecule is c1ccc2cc(-c3ccc(-c4nc5ccccc5nc4-n4c5ccc(-n6c7ccccc7c7c8ccccc8ccc76)cc5c5c6ccccc6ccc54)cc3)ccc2c1. The van der Waals surface area contributed by atoms with Crippen LogP contribution in [-0.2, 0) is 0 Å². The fourth-order valence-electron chi connectivity index (χ4n) is 9.69. The number of para-hydroxylation sites is 3. The first-order valence-electron chi connectivity index (χ1n) is 20.5. The summed E-state index contributed by atoms with van der Waals surface area (Å²) in [5.74, 6) is 0.804. The van der Waals surface area contributed by atoms with Gasteiger partial charge in [0, 0.05) is 32.8 Å². The Labute approximate surface area is 344 Å². The third-order valence-corrected chi connectivity index (χ3v) is 12.5. The van der Waals surface area contributed by atoms with Gasteiger partial charge in [-0.1, -0.05) is 152 Å². The lowest BCUT2D eigenvalue weighted by molar-refractivity contribution is 1.08. The van der Waals surface area contributed by atoms with Gasteiger partial charge in [0.15, 0.2) is 5.82 Å². The molecule has 0 aliphatic rings. The smallest absolute Gasteiger partial charge is 0.165 e. The quantitative estimate of drug-likeness (QED) is 0.179. The lowest BCUT2D eigenvalue weighted by Crippen LogP contribution is -2.04. The molecule has 0 fully saturated rings. The van der Waals surface area contributed by atoms with E-state index >= 15 is 0 Å². The minimum absolute atomic E-state index is 0.804. The summed E-state index contributed by atoms with van der Waals surface area (Å²) in [5, 5.41) is 12.3. The lowest BCUT2D eigenvalue weighted by Gasteiger charge is -2.15. The fourth-order valence-corrected chi connectivity index (χ4v) is 9.69. The van der Waals surface area contributed by atoms with Crippen LogP contribution in [0.2, 0.25) is 0 Å². The van der Waals surface area contributed by atoms with Gasteiger partial charge in [0.1, 0.15) is 5.69 Å². The van der Waals surface area contributed by atoms with Crippen molar-refractivity contribution in [2.75, 3.05) is 0 Å². The second kappa shape index (κ2) is 12.7. The topological polar surface area (TPSA) is 35.6 Å². The molecule has 0 saturated carbocycles. The summed E-state index contributed by atoms with van der Waals surface area (Å²) >= 11 is 0. The maximum absolute atomic E-state index is 5.47. The molecule has 3 heterocycles. The third kappa shape index (κ3) is 4.85. The molecule has 4 nitrogen and oxygen atoms in total. The molecule has 0 radical (unpaired) electrons. The highest BCUT2D eigenvalue weighted by atomic mass is 15.1.